The van der Waals surface area contributed by atoms with Gasteiger partial charge in [-0.3, -0.25) is 4.79 Å². The molecule has 7 heteroatoms. The standard InChI is InChI=1S/C23H19F2NO4/c24-23(25)30-19-14-8-7-13-18(19)22(28)29-15-20(27)26-21(16-9-3-1-4-10-16)17-11-5-2-6-12-17/h1-14,21,23H,15H2,(H,26,27). The summed E-state index contributed by atoms with van der Waals surface area (Å²) in [7, 11) is 0. The van der Waals surface area contributed by atoms with Gasteiger partial charge in [0.15, 0.2) is 6.61 Å². The lowest BCUT2D eigenvalue weighted by Gasteiger charge is -2.20. The quantitative estimate of drug-likeness (QED) is 0.560. The highest BCUT2D eigenvalue weighted by molar-refractivity contribution is 5.94. The van der Waals surface area contributed by atoms with Crippen LogP contribution in [0.25, 0.3) is 0 Å². The largest absolute Gasteiger partial charge is 0.452 e. The number of nitrogens with one attached hydrogen (secondary N) is 1. The summed E-state index contributed by atoms with van der Waals surface area (Å²) in [6, 6.07) is 23.7. The number of halogens is 2. The van der Waals surface area contributed by atoms with Crippen molar-refractivity contribution in [2.75, 3.05) is 6.61 Å². The number of alkyl halides is 2. The Hall–Kier alpha value is -3.74. The third kappa shape index (κ3) is 5.64. The molecule has 0 radical (unpaired) electrons. The maximum absolute atomic E-state index is 12.5. The second-order valence-corrected chi connectivity index (χ2v) is 6.27. The van der Waals surface area contributed by atoms with E-state index in [2.05, 4.69) is 10.1 Å². The number of benzene rings is 3. The summed E-state index contributed by atoms with van der Waals surface area (Å²) in [6.07, 6.45) is 0. The first-order chi connectivity index (χ1) is 14.5. The van der Waals surface area contributed by atoms with E-state index in [-0.39, 0.29) is 11.3 Å². The Labute approximate surface area is 172 Å². The van der Waals surface area contributed by atoms with Crippen LogP contribution in [0.5, 0.6) is 5.75 Å². The Bertz CT molecular complexity index is 941. The SMILES string of the molecule is O=C(COC(=O)c1ccccc1OC(F)F)NC(c1ccccc1)c1ccccc1. The van der Waals surface area contributed by atoms with Gasteiger partial charge in [0.1, 0.15) is 11.3 Å². The van der Waals surface area contributed by atoms with Crippen LogP contribution in [0.1, 0.15) is 27.5 Å². The molecule has 0 aromatic heterocycles. The average Bonchev–Trinajstić information content (AvgIpc) is 2.77. The summed E-state index contributed by atoms with van der Waals surface area (Å²) in [5.41, 5.74) is 1.53. The lowest BCUT2D eigenvalue weighted by atomic mass is 9.99. The van der Waals surface area contributed by atoms with E-state index in [1.165, 1.54) is 24.3 Å². The molecule has 0 heterocycles. The van der Waals surface area contributed by atoms with Crippen LogP contribution in [-0.2, 0) is 9.53 Å². The lowest BCUT2D eigenvalue weighted by molar-refractivity contribution is -0.124. The first-order valence-corrected chi connectivity index (χ1v) is 9.15. The maximum Gasteiger partial charge on any atom is 0.387 e. The van der Waals surface area contributed by atoms with E-state index in [9.17, 15) is 18.4 Å². The van der Waals surface area contributed by atoms with Gasteiger partial charge in [0.05, 0.1) is 6.04 Å². The topological polar surface area (TPSA) is 64.6 Å². The molecule has 0 aliphatic rings. The van der Waals surface area contributed by atoms with Crippen molar-refractivity contribution >= 4 is 11.9 Å². The van der Waals surface area contributed by atoms with E-state index >= 15 is 0 Å². The minimum Gasteiger partial charge on any atom is -0.452 e. The summed E-state index contributed by atoms with van der Waals surface area (Å²) in [5, 5.41) is 2.84. The highest BCUT2D eigenvalue weighted by Gasteiger charge is 2.20. The maximum atomic E-state index is 12.5. The van der Waals surface area contributed by atoms with E-state index in [1.807, 2.05) is 60.7 Å². The van der Waals surface area contributed by atoms with Gasteiger partial charge < -0.3 is 14.8 Å². The molecule has 0 unspecified atom stereocenters. The van der Waals surface area contributed by atoms with Crippen LogP contribution in [0.2, 0.25) is 0 Å². The summed E-state index contributed by atoms with van der Waals surface area (Å²) >= 11 is 0. The van der Waals surface area contributed by atoms with Crippen molar-refractivity contribution in [3.63, 3.8) is 0 Å². The molecule has 3 aromatic carbocycles. The molecule has 3 aromatic rings. The normalized spacial score (nSPS) is 10.7. The molecule has 0 aliphatic heterocycles. The molecular formula is C23H19F2NO4. The zero-order valence-electron chi connectivity index (χ0n) is 15.8. The van der Waals surface area contributed by atoms with Crippen molar-refractivity contribution in [1.82, 2.24) is 5.32 Å². The second-order valence-electron chi connectivity index (χ2n) is 6.27. The van der Waals surface area contributed by atoms with Crippen molar-refractivity contribution in [2.45, 2.75) is 12.7 Å². The minimum atomic E-state index is -3.08. The van der Waals surface area contributed by atoms with Crippen LogP contribution in [0.3, 0.4) is 0 Å². The van der Waals surface area contributed by atoms with Gasteiger partial charge in [0, 0.05) is 0 Å². The summed E-state index contributed by atoms with van der Waals surface area (Å²) in [6.45, 7) is -3.65. The smallest absolute Gasteiger partial charge is 0.387 e. The van der Waals surface area contributed by atoms with Crippen LogP contribution in [0.4, 0.5) is 8.78 Å². The van der Waals surface area contributed by atoms with E-state index in [4.69, 9.17) is 4.74 Å². The number of amides is 1. The number of hydrogen-bond acceptors (Lipinski definition) is 4. The Morgan fingerprint density at radius 1 is 0.800 bits per heavy atom. The highest BCUT2D eigenvalue weighted by atomic mass is 19.3. The molecule has 0 spiro atoms. The predicted octanol–water partition coefficient (Wildman–Crippen LogP) is 4.35. The molecule has 0 saturated carbocycles. The molecule has 0 atom stereocenters. The fourth-order valence-electron chi connectivity index (χ4n) is 2.90. The van der Waals surface area contributed by atoms with Gasteiger partial charge in [-0.25, -0.2) is 4.79 Å². The Morgan fingerprint density at radius 2 is 1.33 bits per heavy atom. The molecule has 30 heavy (non-hydrogen) atoms. The van der Waals surface area contributed by atoms with Crippen molar-refractivity contribution in [3.05, 3.63) is 102 Å². The number of hydrogen-bond donors (Lipinski definition) is 1. The van der Waals surface area contributed by atoms with Crippen LogP contribution < -0.4 is 10.1 Å². The fourth-order valence-corrected chi connectivity index (χ4v) is 2.90. The van der Waals surface area contributed by atoms with Gasteiger partial charge in [0.25, 0.3) is 5.91 Å². The van der Waals surface area contributed by atoms with Crippen molar-refractivity contribution < 1.29 is 27.8 Å². The number of carbonyl (C=O) groups is 2. The summed E-state index contributed by atoms with van der Waals surface area (Å²) < 4.78 is 34.3. The molecule has 5 nitrogen and oxygen atoms in total. The number of para-hydroxylation sites is 1. The number of ether oxygens (including phenoxy) is 2. The lowest BCUT2D eigenvalue weighted by Crippen LogP contribution is -2.33. The first-order valence-electron chi connectivity index (χ1n) is 9.15. The average molecular weight is 411 g/mol. The Kier molecular flexibility index (Phi) is 7.10. The van der Waals surface area contributed by atoms with E-state index in [1.54, 1.807) is 0 Å². The summed E-state index contributed by atoms with van der Waals surface area (Å²) in [5.74, 6) is -1.78. The highest BCUT2D eigenvalue weighted by Crippen LogP contribution is 2.23. The number of esters is 1. The van der Waals surface area contributed by atoms with Crippen molar-refractivity contribution in [2.24, 2.45) is 0 Å². The van der Waals surface area contributed by atoms with Gasteiger partial charge in [-0.2, -0.15) is 8.78 Å². The Morgan fingerprint density at radius 3 is 1.90 bits per heavy atom. The second kappa shape index (κ2) is 10.2. The third-order valence-corrected chi connectivity index (χ3v) is 4.23. The molecule has 1 amide bonds. The van der Waals surface area contributed by atoms with Gasteiger partial charge in [-0.05, 0) is 23.3 Å². The van der Waals surface area contributed by atoms with E-state index in [0.29, 0.717) is 0 Å². The first kappa shape index (κ1) is 21.0. The number of carbonyl (C=O) groups excluding carboxylic acids is 2. The van der Waals surface area contributed by atoms with Crippen LogP contribution in [0.15, 0.2) is 84.9 Å². The van der Waals surface area contributed by atoms with Crippen LogP contribution in [0, 0.1) is 0 Å². The molecule has 1 N–H and O–H groups in total. The van der Waals surface area contributed by atoms with E-state index < -0.39 is 31.1 Å². The van der Waals surface area contributed by atoms with Crippen molar-refractivity contribution in [1.29, 1.82) is 0 Å². The Balaban J connectivity index is 1.67. The fraction of sp³-hybridized carbons (Fsp3) is 0.130. The molecule has 0 aliphatic carbocycles. The van der Waals surface area contributed by atoms with Crippen LogP contribution >= 0.6 is 0 Å². The van der Waals surface area contributed by atoms with Gasteiger partial charge in [-0.15, -0.1) is 0 Å². The van der Waals surface area contributed by atoms with E-state index in [0.717, 1.165) is 11.1 Å². The molecule has 3 rings (SSSR count). The third-order valence-electron chi connectivity index (χ3n) is 4.23. The van der Waals surface area contributed by atoms with Gasteiger partial charge in [0.2, 0.25) is 0 Å². The minimum absolute atomic E-state index is 0.187. The monoisotopic (exact) mass is 411 g/mol. The van der Waals surface area contributed by atoms with Gasteiger partial charge in [-0.1, -0.05) is 72.8 Å². The molecular weight excluding hydrogens is 392 g/mol. The molecule has 0 saturated heterocycles. The summed E-state index contributed by atoms with van der Waals surface area (Å²) in [4.78, 5) is 24.7. The number of rotatable bonds is 8. The van der Waals surface area contributed by atoms with Crippen molar-refractivity contribution in [3.8, 4) is 5.75 Å². The molecule has 0 bridgehead atoms. The van der Waals surface area contributed by atoms with Gasteiger partial charge >= 0.3 is 12.6 Å². The van der Waals surface area contributed by atoms with Crippen LogP contribution in [-0.4, -0.2) is 25.1 Å². The predicted molar refractivity (Wildman–Crippen MR) is 106 cm³/mol. The molecule has 154 valence electrons. The zero-order chi connectivity index (χ0) is 21.3. The molecule has 0 fully saturated rings. The zero-order valence-corrected chi connectivity index (χ0v) is 15.8.